The summed E-state index contributed by atoms with van der Waals surface area (Å²) < 4.78 is 2.86. The first kappa shape index (κ1) is 9.00. The van der Waals surface area contributed by atoms with Crippen molar-refractivity contribution in [3.05, 3.63) is 32.7 Å². The molecule has 0 saturated heterocycles. The van der Waals surface area contributed by atoms with Gasteiger partial charge in [-0.25, -0.2) is 0 Å². The predicted octanol–water partition coefficient (Wildman–Crippen LogP) is 2.64. The summed E-state index contributed by atoms with van der Waals surface area (Å²) in [7, 11) is 0. The molecule has 0 bridgehead atoms. The Balaban J connectivity index is 2.49. The first-order valence-electron chi connectivity index (χ1n) is 4.57. The highest BCUT2D eigenvalue weighted by molar-refractivity contribution is 9.10. The molecule has 2 rings (SSSR count). The summed E-state index contributed by atoms with van der Waals surface area (Å²) >= 11 is 3.41. The van der Waals surface area contributed by atoms with Crippen LogP contribution in [0.2, 0.25) is 0 Å². The van der Waals surface area contributed by atoms with Crippen LogP contribution in [0, 0.1) is 6.92 Å². The third-order valence-electron chi connectivity index (χ3n) is 2.66. The summed E-state index contributed by atoms with van der Waals surface area (Å²) in [4.78, 5) is 11.7. The summed E-state index contributed by atoms with van der Waals surface area (Å²) in [6.45, 7) is 1.86. The van der Waals surface area contributed by atoms with Gasteiger partial charge in [0.2, 0.25) is 0 Å². The SMILES string of the molecule is Cc1cc(Br)cn(C2CCC2)c1=O. The fourth-order valence-electron chi connectivity index (χ4n) is 1.64. The number of pyridine rings is 1. The zero-order valence-corrected chi connectivity index (χ0v) is 9.17. The molecule has 0 amide bonds. The van der Waals surface area contributed by atoms with E-state index in [-0.39, 0.29) is 5.56 Å². The van der Waals surface area contributed by atoms with Gasteiger partial charge < -0.3 is 4.57 Å². The van der Waals surface area contributed by atoms with Crippen molar-refractivity contribution < 1.29 is 0 Å². The molecule has 2 nitrogen and oxygen atoms in total. The molecule has 1 saturated carbocycles. The summed E-state index contributed by atoms with van der Waals surface area (Å²) in [5.41, 5.74) is 0.981. The average molecular weight is 242 g/mol. The first-order chi connectivity index (χ1) is 6.18. The standard InChI is InChI=1S/C10H12BrNO/c1-7-5-8(11)6-12(10(7)13)9-3-2-4-9/h5-6,9H,2-4H2,1H3. The Hall–Kier alpha value is -0.570. The molecule has 0 radical (unpaired) electrons. The zero-order valence-electron chi connectivity index (χ0n) is 7.59. The summed E-state index contributed by atoms with van der Waals surface area (Å²) in [6, 6.07) is 2.32. The van der Waals surface area contributed by atoms with Crippen molar-refractivity contribution >= 4 is 15.9 Å². The molecule has 1 fully saturated rings. The maximum absolute atomic E-state index is 11.7. The maximum atomic E-state index is 11.7. The van der Waals surface area contributed by atoms with Crippen LogP contribution in [-0.2, 0) is 0 Å². The van der Waals surface area contributed by atoms with E-state index in [2.05, 4.69) is 15.9 Å². The van der Waals surface area contributed by atoms with Crippen LogP contribution in [0.1, 0.15) is 30.9 Å². The third kappa shape index (κ3) is 1.57. The van der Waals surface area contributed by atoms with Crippen molar-refractivity contribution in [2.45, 2.75) is 32.2 Å². The van der Waals surface area contributed by atoms with Gasteiger partial charge in [-0.15, -0.1) is 0 Å². The van der Waals surface area contributed by atoms with E-state index in [1.54, 1.807) is 0 Å². The van der Waals surface area contributed by atoms with Crippen LogP contribution in [0.4, 0.5) is 0 Å². The Kier molecular flexibility index (Phi) is 2.28. The van der Waals surface area contributed by atoms with Gasteiger partial charge in [-0.3, -0.25) is 4.79 Å². The molecule has 0 aromatic carbocycles. The van der Waals surface area contributed by atoms with Crippen molar-refractivity contribution in [1.82, 2.24) is 4.57 Å². The Morgan fingerprint density at radius 1 is 1.54 bits per heavy atom. The molecule has 1 aromatic rings. The molecule has 3 heteroatoms. The fraction of sp³-hybridized carbons (Fsp3) is 0.500. The van der Waals surface area contributed by atoms with Crippen LogP contribution < -0.4 is 5.56 Å². The molecular formula is C10H12BrNO. The largest absolute Gasteiger partial charge is 0.311 e. The Bertz CT molecular complexity index is 379. The number of hydrogen-bond donors (Lipinski definition) is 0. The van der Waals surface area contributed by atoms with E-state index in [0.717, 1.165) is 22.9 Å². The molecule has 0 N–H and O–H groups in total. The van der Waals surface area contributed by atoms with E-state index in [9.17, 15) is 4.79 Å². The summed E-state index contributed by atoms with van der Waals surface area (Å²) in [5, 5.41) is 0. The van der Waals surface area contributed by atoms with Crippen molar-refractivity contribution in [2.75, 3.05) is 0 Å². The molecule has 0 unspecified atom stereocenters. The van der Waals surface area contributed by atoms with Crippen molar-refractivity contribution in [1.29, 1.82) is 0 Å². The zero-order chi connectivity index (χ0) is 9.42. The number of halogens is 1. The molecule has 1 aliphatic rings. The molecule has 0 atom stereocenters. The number of aromatic nitrogens is 1. The molecule has 1 aromatic heterocycles. The van der Waals surface area contributed by atoms with Gasteiger partial charge in [0.1, 0.15) is 0 Å². The quantitative estimate of drug-likeness (QED) is 0.742. The number of aryl methyl sites for hydroxylation is 1. The lowest BCUT2D eigenvalue weighted by Crippen LogP contribution is -2.29. The van der Waals surface area contributed by atoms with Crippen molar-refractivity contribution in [3.63, 3.8) is 0 Å². The second-order valence-corrected chi connectivity index (χ2v) is 4.55. The number of nitrogens with zero attached hydrogens (tertiary/aromatic N) is 1. The fourth-order valence-corrected chi connectivity index (χ4v) is 2.20. The number of rotatable bonds is 1. The van der Waals surface area contributed by atoms with Gasteiger partial charge in [0.15, 0.2) is 0 Å². The minimum atomic E-state index is 0.160. The highest BCUT2D eigenvalue weighted by Gasteiger charge is 2.20. The van der Waals surface area contributed by atoms with Gasteiger partial charge in [0.05, 0.1) is 0 Å². The lowest BCUT2D eigenvalue weighted by atomic mass is 9.93. The second-order valence-electron chi connectivity index (χ2n) is 3.64. The predicted molar refractivity (Wildman–Crippen MR) is 56.0 cm³/mol. The molecule has 13 heavy (non-hydrogen) atoms. The Morgan fingerprint density at radius 3 is 2.77 bits per heavy atom. The van der Waals surface area contributed by atoms with E-state index in [0.29, 0.717) is 6.04 Å². The smallest absolute Gasteiger partial charge is 0.253 e. The van der Waals surface area contributed by atoms with Gasteiger partial charge in [0, 0.05) is 22.3 Å². The van der Waals surface area contributed by atoms with E-state index in [4.69, 9.17) is 0 Å². The summed E-state index contributed by atoms with van der Waals surface area (Å²) in [6.07, 6.45) is 5.45. The first-order valence-corrected chi connectivity index (χ1v) is 5.36. The highest BCUT2D eigenvalue weighted by Crippen LogP contribution is 2.30. The van der Waals surface area contributed by atoms with E-state index >= 15 is 0 Å². The monoisotopic (exact) mass is 241 g/mol. The van der Waals surface area contributed by atoms with Crippen molar-refractivity contribution in [3.8, 4) is 0 Å². The lowest BCUT2D eigenvalue weighted by molar-refractivity contribution is 0.305. The minimum Gasteiger partial charge on any atom is -0.311 e. The molecule has 70 valence electrons. The van der Waals surface area contributed by atoms with Gasteiger partial charge in [-0.05, 0) is 48.2 Å². The average Bonchev–Trinajstić information content (AvgIpc) is 1.95. The van der Waals surface area contributed by atoms with Gasteiger partial charge in [0.25, 0.3) is 5.56 Å². The Labute approximate surface area is 85.7 Å². The second kappa shape index (κ2) is 3.29. The van der Waals surface area contributed by atoms with E-state index in [1.165, 1.54) is 6.42 Å². The lowest BCUT2D eigenvalue weighted by Gasteiger charge is -2.28. The maximum Gasteiger partial charge on any atom is 0.253 e. The van der Waals surface area contributed by atoms with Crippen LogP contribution in [0.25, 0.3) is 0 Å². The van der Waals surface area contributed by atoms with Gasteiger partial charge in [-0.2, -0.15) is 0 Å². The molecule has 1 heterocycles. The van der Waals surface area contributed by atoms with Crippen LogP contribution >= 0.6 is 15.9 Å². The molecular weight excluding hydrogens is 230 g/mol. The highest BCUT2D eigenvalue weighted by atomic mass is 79.9. The third-order valence-corrected chi connectivity index (χ3v) is 3.09. The van der Waals surface area contributed by atoms with Gasteiger partial charge >= 0.3 is 0 Å². The van der Waals surface area contributed by atoms with Crippen LogP contribution in [0.15, 0.2) is 21.5 Å². The van der Waals surface area contributed by atoms with Crippen molar-refractivity contribution in [2.24, 2.45) is 0 Å². The number of hydrogen-bond acceptors (Lipinski definition) is 1. The minimum absolute atomic E-state index is 0.160. The van der Waals surface area contributed by atoms with Gasteiger partial charge in [-0.1, -0.05) is 0 Å². The van der Waals surface area contributed by atoms with Crippen LogP contribution in [-0.4, -0.2) is 4.57 Å². The normalized spacial score (nSPS) is 17.1. The van der Waals surface area contributed by atoms with E-state index < -0.39 is 0 Å². The Morgan fingerprint density at radius 2 is 2.23 bits per heavy atom. The molecule has 1 aliphatic carbocycles. The molecule has 0 aliphatic heterocycles. The van der Waals surface area contributed by atoms with Crippen LogP contribution in [0.3, 0.4) is 0 Å². The van der Waals surface area contributed by atoms with Crippen LogP contribution in [0.5, 0.6) is 0 Å². The molecule has 0 spiro atoms. The summed E-state index contributed by atoms with van der Waals surface area (Å²) in [5.74, 6) is 0. The van der Waals surface area contributed by atoms with E-state index in [1.807, 2.05) is 23.8 Å². The topological polar surface area (TPSA) is 22.0 Å².